The maximum absolute atomic E-state index is 6.43. The molecule has 0 aromatic carbocycles. The van der Waals surface area contributed by atoms with Gasteiger partial charge in [0.25, 0.3) is 0 Å². The first kappa shape index (κ1) is 15.3. The Hall–Kier alpha value is -0.763. The van der Waals surface area contributed by atoms with Gasteiger partial charge in [-0.1, -0.05) is 39.0 Å². The second-order valence-corrected chi connectivity index (χ2v) is 11.7. The summed E-state index contributed by atoms with van der Waals surface area (Å²) in [5, 5.41) is 0.240. The van der Waals surface area contributed by atoms with E-state index in [1.807, 2.05) is 0 Å². The van der Waals surface area contributed by atoms with Crippen LogP contribution in [0.25, 0.3) is 0 Å². The van der Waals surface area contributed by atoms with Crippen LogP contribution in [0.2, 0.25) is 18.1 Å². The van der Waals surface area contributed by atoms with Gasteiger partial charge in [-0.25, -0.2) is 0 Å². The molecule has 1 rings (SSSR count). The maximum atomic E-state index is 6.43. The fourth-order valence-electron chi connectivity index (χ4n) is 1.67. The fourth-order valence-corrected chi connectivity index (χ4v) is 2.76. The molecule has 102 valence electrons. The molecule has 0 aromatic rings. The standard InChI is InChI=1S/C16H28OSi/c1-12(2)14-10-9-13(3)15(11-14)17-18(7,8)16(4,5)6/h9,11,14H,1,10H2,2-8H3/t14-/m0/s1. The van der Waals surface area contributed by atoms with Gasteiger partial charge in [0.05, 0.1) is 0 Å². The van der Waals surface area contributed by atoms with Crippen molar-refractivity contribution < 1.29 is 4.43 Å². The van der Waals surface area contributed by atoms with E-state index in [9.17, 15) is 0 Å². The van der Waals surface area contributed by atoms with Gasteiger partial charge >= 0.3 is 0 Å². The molecule has 2 heteroatoms. The number of allylic oxidation sites excluding steroid dienone is 4. The van der Waals surface area contributed by atoms with E-state index in [4.69, 9.17) is 4.43 Å². The molecular weight excluding hydrogens is 236 g/mol. The molecule has 0 radical (unpaired) electrons. The van der Waals surface area contributed by atoms with Gasteiger partial charge in [0.1, 0.15) is 5.76 Å². The van der Waals surface area contributed by atoms with E-state index in [1.54, 1.807) is 0 Å². The van der Waals surface area contributed by atoms with Gasteiger partial charge in [-0.2, -0.15) is 0 Å². The van der Waals surface area contributed by atoms with Crippen LogP contribution in [0.15, 0.2) is 35.6 Å². The first-order valence-corrected chi connectivity index (χ1v) is 9.69. The van der Waals surface area contributed by atoms with Crippen molar-refractivity contribution in [1.82, 2.24) is 0 Å². The summed E-state index contributed by atoms with van der Waals surface area (Å²) in [5.41, 5.74) is 2.49. The van der Waals surface area contributed by atoms with E-state index >= 15 is 0 Å². The summed E-state index contributed by atoms with van der Waals surface area (Å²) >= 11 is 0. The Kier molecular flexibility index (Phi) is 4.32. The lowest BCUT2D eigenvalue weighted by Crippen LogP contribution is -2.40. The van der Waals surface area contributed by atoms with Crippen molar-refractivity contribution >= 4 is 8.32 Å². The molecule has 0 spiro atoms. The first-order chi connectivity index (χ1) is 8.04. The van der Waals surface area contributed by atoms with Crippen LogP contribution in [-0.2, 0) is 4.43 Å². The number of hydrogen-bond acceptors (Lipinski definition) is 1. The summed E-state index contributed by atoms with van der Waals surface area (Å²) in [6.07, 6.45) is 5.60. The van der Waals surface area contributed by atoms with Crippen molar-refractivity contribution in [3.05, 3.63) is 35.6 Å². The highest BCUT2D eigenvalue weighted by Gasteiger charge is 2.39. The highest BCUT2D eigenvalue weighted by atomic mass is 28.4. The van der Waals surface area contributed by atoms with Crippen molar-refractivity contribution in [3.63, 3.8) is 0 Å². The Labute approximate surface area is 114 Å². The second kappa shape index (κ2) is 5.08. The monoisotopic (exact) mass is 264 g/mol. The molecule has 1 aliphatic carbocycles. The van der Waals surface area contributed by atoms with E-state index in [2.05, 4.69) is 66.4 Å². The molecule has 18 heavy (non-hydrogen) atoms. The lowest BCUT2D eigenvalue weighted by atomic mass is 9.91. The molecular formula is C16H28OSi. The fraction of sp³-hybridized carbons (Fsp3) is 0.625. The van der Waals surface area contributed by atoms with E-state index in [1.165, 1.54) is 11.1 Å². The second-order valence-electron chi connectivity index (χ2n) is 6.97. The summed E-state index contributed by atoms with van der Waals surface area (Å²) < 4.78 is 6.43. The maximum Gasteiger partial charge on any atom is 0.250 e. The van der Waals surface area contributed by atoms with Crippen LogP contribution >= 0.6 is 0 Å². The average molecular weight is 264 g/mol. The van der Waals surface area contributed by atoms with E-state index in [0.717, 1.165) is 12.2 Å². The van der Waals surface area contributed by atoms with E-state index < -0.39 is 8.32 Å². The molecule has 1 atom stereocenters. The summed E-state index contributed by atoms with van der Waals surface area (Å²) in [6.45, 7) is 19.7. The number of rotatable bonds is 3. The van der Waals surface area contributed by atoms with Crippen LogP contribution < -0.4 is 0 Å². The molecule has 0 aromatic heterocycles. The Morgan fingerprint density at radius 2 is 1.94 bits per heavy atom. The highest BCUT2D eigenvalue weighted by Crippen LogP contribution is 2.40. The lowest BCUT2D eigenvalue weighted by molar-refractivity contribution is 0.385. The third-order valence-electron chi connectivity index (χ3n) is 4.22. The molecule has 0 saturated carbocycles. The average Bonchev–Trinajstić information content (AvgIpc) is 2.18. The van der Waals surface area contributed by atoms with Gasteiger partial charge in [0.2, 0.25) is 8.32 Å². The van der Waals surface area contributed by atoms with E-state index in [0.29, 0.717) is 5.92 Å². The molecule has 0 aliphatic heterocycles. The van der Waals surface area contributed by atoms with Crippen LogP contribution in [0.5, 0.6) is 0 Å². The smallest absolute Gasteiger partial charge is 0.250 e. The van der Waals surface area contributed by atoms with Gasteiger partial charge in [-0.15, -0.1) is 0 Å². The predicted octanol–water partition coefficient (Wildman–Crippen LogP) is 5.43. The van der Waals surface area contributed by atoms with Crippen LogP contribution in [0.1, 0.15) is 41.0 Å². The minimum Gasteiger partial charge on any atom is -0.544 e. The van der Waals surface area contributed by atoms with E-state index in [-0.39, 0.29) is 5.04 Å². The molecule has 0 bridgehead atoms. The quantitative estimate of drug-likeness (QED) is 0.487. The van der Waals surface area contributed by atoms with Gasteiger partial charge < -0.3 is 4.43 Å². The van der Waals surface area contributed by atoms with Crippen molar-refractivity contribution in [2.75, 3.05) is 0 Å². The molecule has 1 nitrogen and oxygen atoms in total. The van der Waals surface area contributed by atoms with Gasteiger partial charge in [-0.05, 0) is 50.0 Å². The number of hydrogen-bond donors (Lipinski definition) is 0. The summed E-state index contributed by atoms with van der Waals surface area (Å²) in [7, 11) is -1.74. The Bertz CT molecular complexity index is 394. The molecule has 0 N–H and O–H groups in total. The normalized spacial score (nSPS) is 21.2. The summed E-state index contributed by atoms with van der Waals surface area (Å²) in [6, 6.07) is 0. The Morgan fingerprint density at radius 1 is 1.39 bits per heavy atom. The summed E-state index contributed by atoms with van der Waals surface area (Å²) in [4.78, 5) is 0. The van der Waals surface area contributed by atoms with Gasteiger partial charge in [0, 0.05) is 5.92 Å². The molecule has 0 saturated heterocycles. The van der Waals surface area contributed by atoms with Crippen LogP contribution in [0.3, 0.4) is 0 Å². The largest absolute Gasteiger partial charge is 0.544 e. The minimum absolute atomic E-state index is 0.240. The van der Waals surface area contributed by atoms with Crippen LogP contribution in [-0.4, -0.2) is 8.32 Å². The third kappa shape index (κ3) is 3.38. The zero-order valence-electron chi connectivity index (χ0n) is 13.1. The van der Waals surface area contributed by atoms with Crippen molar-refractivity contribution in [2.24, 2.45) is 5.92 Å². The Morgan fingerprint density at radius 3 is 2.39 bits per heavy atom. The summed E-state index contributed by atoms with van der Waals surface area (Å²) in [5.74, 6) is 1.52. The molecule has 0 unspecified atom stereocenters. The predicted molar refractivity (Wildman–Crippen MR) is 83.0 cm³/mol. The van der Waals surface area contributed by atoms with Gasteiger partial charge in [0.15, 0.2) is 0 Å². The third-order valence-corrected chi connectivity index (χ3v) is 8.57. The van der Waals surface area contributed by atoms with Gasteiger partial charge in [-0.3, -0.25) is 0 Å². The minimum atomic E-state index is -1.74. The van der Waals surface area contributed by atoms with Crippen molar-refractivity contribution in [1.29, 1.82) is 0 Å². The molecule has 0 heterocycles. The first-order valence-electron chi connectivity index (χ1n) is 6.78. The topological polar surface area (TPSA) is 9.23 Å². The highest BCUT2D eigenvalue weighted by molar-refractivity contribution is 6.74. The Balaban J connectivity index is 2.94. The van der Waals surface area contributed by atoms with Crippen molar-refractivity contribution in [3.8, 4) is 0 Å². The van der Waals surface area contributed by atoms with Crippen LogP contribution in [0, 0.1) is 5.92 Å². The lowest BCUT2D eigenvalue weighted by Gasteiger charge is -2.38. The molecule has 0 amide bonds. The SMILES string of the molecule is C=C(C)[C@@H]1C=C(O[Si](C)(C)C(C)(C)C)C(C)=CC1. The van der Waals surface area contributed by atoms with Crippen molar-refractivity contribution in [2.45, 2.75) is 59.2 Å². The zero-order chi connectivity index (χ0) is 14.1. The molecule has 0 fully saturated rings. The molecule has 1 aliphatic rings. The van der Waals surface area contributed by atoms with Crippen LogP contribution in [0.4, 0.5) is 0 Å². The zero-order valence-corrected chi connectivity index (χ0v) is 14.1.